The van der Waals surface area contributed by atoms with E-state index in [1.165, 1.54) is 0 Å². The number of morpholine rings is 1. The fourth-order valence-corrected chi connectivity index (χ4v) is 3.79. The Kier molecular flexibility index (Phi) is 5.53. The number of halogens is 1. The minimum Gasteiger partial charge on any atom is -0.378 e. The SMILES string of the molecule is O=C(c1ccccc1I)N1CCC(C(=O)N2CCOCC2)CC1. The zero-order valence-corrected chi connectivity index (χ0v) is 15.2. The maximum atomic E-state index is 12.6. The van der Waals surface area contributed by atoms with Crippen LogP contribution in [0, 0.1) is 9.49 Å². The van der Waals surface area contributed by atoms with Crippen LogP contribution in [-0.4, -0.2) is 61.0 Å². The van der Waals surface area contributed by atoms with Gasteiger partial charge in [-0.3, -0.25) is 9.59 Å². The number of piperidine rings is 1. The van der Waals surface area contributed by atoms with Gasteiger partial charge in [0.2, 0.25) is 5.91 Å². The van der Waals surface area contributed by atoms with Crippen LogP contribution in [0.15, 0.2) is 24.3 Å². The van der Waals surface area contributed by atoms with Gasteiger partial charge >= 0.3 is 0 Å². The van der Waals surface area contributed by atoms with E-state index in [-0.39, 0.29) is 17.7 Å². The summed E-state index contributed by atoms with van der Waals surface area (Å²) in [6.45, 7) is 3.97. The Hall–Kier alpha value is -1.15. The van der Waals surface area contributed by atoms with E-state index >= 15 is 0 Å². The minimum atomic E-state index is 0.0481. The van der Waals surface area contributed by atoms with Gasteiger partial charge in [-0.1, -0.05) is 12.1 Å². The van der Waals surface area contributed by atoms with Crippen molar-refractivity contribution in [2.24, 2.45) is 5.92 Å². The molecule has 1 aromatic carbocycles. The van der Waals surface area contributed by atoms with Crippen molar-refractivity contribution in [3.8, 4) is 0 Å². The summed E-state index contributed by atoms with van der Waals surface area (Å²) in [5, 5.41) is 0. The molecule has 2 fully saturated rings. The molecule has 0 bridgehead atoms. The van der Waals surface area contributed by atoms with E-state index in [0.717, 1.165) is 22.0 Å². The van der Waals surface area contributed by atoms with Gasteiger partial charge in [0, 0.05) is 35.7 Å². The molecule has 0 saturated carbocycles. The van der Waals surface area contributed by atoms with Crippen LogP contribution < -0.4 is 0 Å². The molecule has 2 heterocycles. The number of benzene rings is 1. The molecule has 2 aliphatic heterocycles. The van der Waals surface area contributed by atoms with E-state index in [9.17, 15) is 9.59 Å². The predicted molar refractivity (Wildman–Crippen MR) is 95.2 cm³/mol. The van der Waals surface area contributed by atoms with Crippen molar-refractivity contribution in [1.29, 1.82) is 0 Å². The van der Waals surface area contributed by atoms with Crippen LogP contribution in [0.2, 0.25) is 0 Å². The largest absolute Gasteiger partial charge is 0.378 e. The smallest absolute Gasteiger partial charge is 0.254 e. The number of amides is 2. The Labute approximate surface area is 150 Å². The number of hydrogen-bond acceptors (Lipinski definition) is 3. The molecule has 0 spiro atoms. The molecule has 0 aliphatic carbocycles. The summed E-state index contributed by atoms with van der Waals surface area (Å²) in [7, 11) is 0. The van der Waals surface area contributed by atoms with E-state index in [1.807, 2.05) is 34.1 Å². The Morgan fingerprint density at radius 1 is 1.00 bits per heavy atom. The van der Waals surface area contributed by atoms with Crippen molar-refractivity contribution in [2.45, 2.75) is 12.8 Å². The summed E-state index contributed by atoms with van der Waals surface area (Å²) in [6.07, 6.45) is 1.51. The fourth-order valence-electron chi connectivity index (χ4n) is 3.18. The lowest BCUT2D eigenvalue weighted by atomic mass is 9.94. The standard InChI is InChI=1S/C17H21IN2O3/c18-15-4-2-1-3-14(15)17(22)19-7-5-13(6-8-19)16(21)20-9-11-23-12-10-20/h1-4,13H,5-12H2. The number of carbonyl (C=O) groups excluding carboxylic acids is 2. The topological polar surface area (TPSA) is 49.9 Å². The minimum absolute atomic E-state index is 0.0481. The van der Waals surface area contributed by atoms with Crippen LogP contribution in [0.25, 0.3) is 0 Å². The Bertz CT molecular complexity index is 579. The average molecular weight is 428 g/mol. The van der Waals surface area contributed by atoms with Crippen LogP contribution in [-0.2, 0) is 9.53 Å². The number of hydrogen-bond donors (Lipinski definition) is 0. The molecule has 23 heavy (non-hydrogen) atoms. The molecule has 0 aromatic heterocycles. The lowest BCUT2D eigenvalue weighted by Crippen LogP contribution is -2.47. The maximum absolute atomic E-state index is 12.6. The van der Waals surface area contributed by atoms with E-state index in [1.54, 1.807) is 0 Å². The van der Waals surface area contributed by atoms with Gasteiger partial charge in [-0.2, -0.15) is 0 Å². The Balaban J connectivity index is 1.57. The fraction of sp³-hybridized carbons (Fsp3) is 0.529. The van der Waals surface area contributed by atoms with Crippen LogP contribution in [0.3, 0.4) is 0 Å². The first-order valence-electron chi connectivity index (χ1n) is 8.07. The second-order valence-corrected chi connectivity index (χ2v) is 7.15. The van der Waals surface area contributed by atoms with E-state index in [2.05, 4.69) is 22.6 Å². The third-order valence-electron chi connectivity index (χ3n) is 4.56. The number of nitrogens with zero attached hydrogens (tertiary/aromatic N) is 2. The zero-order valence-electron chi connectivity index (χ0n) is 13.0. The monoisotopic (exact) mass is 428 g/mol. The normalized spacial score (nSPS) is 19.7. The molecule has 2 amide bonds. The van der Waals surface area contributed by atoms with Gasteiger partial charge < -0.3 is 14.5 Å². The average Bonchev–Trinajstić information content (AvgIpc) is 2.62. The summed E-state index contributed by atoms with van der Waals surface area (Å²) in [5.41, 5.74) is 0.756. The molecule has 0 radical (unpaired) electrons. The third kappa shape index (κ3) is 3.85. The van der Waals surface area contributed by atoms with Crippen molar-refractivity contribution in [3.63, 3.8) is 0 Å². The van der Waals surface area contributed by atoms with Crippen molar-refractivity contribution >= 4 is 34.4 Å². The first-order chi connectivity index (χ1) is 11.2. The van der Waals surface area contributed by atoms with Crippen molar-refractivity contribution in [2.75, 3.05) is 39.4 Å². The quantitative estimate of drug-likeness (QED) is 0.678. The highest BCUT2D eigenvalue weighted by Crippen LogP contribution is 2.23. The molecule has 1 aromatic rings. The van der Waals surface area contributed by atoms with Crippen LogP contribution in [0.5, 0.6) is 0 Å². The Morgan fingerprint density at radius 2 is 1.65 bits per heavy atom. The molecular weight excluding hydrogens is 407 g/mol. The molecule has 6 heteroatoms. The van der Waals surface area contributed by atoms with Gasteiger partial charge in [0.05, 0.1) is 18.8 Å². The number of carbonyl (C=O) groups is 2. The van der Waals surface area contributed by atoms with Gasteiger partial charge in [0.1, 0.15) is 0 Å². The predicted octanol–water partition coefficient (Wildman–Crippen LogP) is 2.00. The first kappa shape index (κ1) is 16.7. The first-order valence-corrected chi connectivity index (χ1v) is 9.15. The summed E-state index contributed by atoms with van der Waals surface area (Å²) in [4.78, 5) is 28.9. The second-order valence-electron chi connectivity index (χ2n) is 5.98. The van der Waals surface area contributed by atoms with Gasteiger partial charge in [0.25, 0.3) is 5.91 Å². The molecule has 2 saturated heterocycles. The summed E-state index contributed by atoms with van der Waals surface area (Å²) >= 11 is 2.20. The number of likely N-dealkylation sites (tertiary alicyclic amines) is 1. The molecule has 124 valence electrons. The molecule has 5 nitrogen and oxygen atoms in total. The van der Waals surface area contributed by atoms with Crippen LogP contribution in [0.4, 0.5) is 0 Å². The number of ether oxygens (including phenoxy) is 1. The highest BCUT2D eigenvalue weighted by Gasteiger charge is 2.31. The van der Waals surface area contributed by atoms with Gasteiger partial charge in [0.15, 0.2) is 0 Å². The third-order valence-corrected chi connectivity index (χ3v) is 5.50. The molecule has 2 aliphatic rings. The lowest BCUT2D eigenvalue weighted by Gasteiger charge is -2.35. The summed E-state index contributed by atoms with van der Waals surface area (Å²) in [5.74, 6) is 0.356. The van der Waals surface area contributed by atoms with Crippen LogP contribution in [0.1, 0.15) is 23.2 Å². The molecule has 0 atom stereocenters. The van der Waals surface area contributed by atoms with Crippen molar-refractivity contribution in [3.05, 3.63) is 33.4 Å². The molecule has 3 rings (SSSR count). The van der Waals surface area contributed by atoms with Gasteiger partial charge in [-0.05, 0) is 47.6 Å². The van der Waals surface area contributed by atoms with E-state index in [0.29, 0.717) is 39.4 Å². The van der Waals surface area contributed by atoms with Gasteiger partial charge in [-0.25, -0.2) is 0 Å². The molecule has 0 N–H and O–H groups in total. The summed E-state index contributed by atoms with van der Waals surface area (Å²) in [6, 6.07) is 7.65. The highest BCUT2D eigenvalue weighted by molar-refractivity contribution is 14.1. The van der Waals surface area contributed by atoms with E-state index < -0.39 is 0 Å². The van der Waals surface area contributed by atoms with Crippen molar-refractivity contribution in [1.82, 2.24) is 9.80 Å². The highest BCUT2D eigenvalue weighted by atomic mass is 127. The van der Waals surface area contributed by atoms with E-state index in [4.69, 9.17) is 4.74 Å². The maximum Gasteiger partial charge on any atom is 0.254 e. The Morgan fingerprint density at radius 3 is 2.30 bits per heavy atom. The second kappa shape index (κ2) is 7.61. The molecular formula is C17H21IN2O3. The van der Waals surface area contributed by atoms with Crippen LogP contribution >= 0.6 is 22.6 Å². The zero-order chi connectivity index (χ0) is 16.2. The van der Waals surface area contributed by atoms with Gasteiger partial charge in [-0.15, -0.1) is 0 Å². The van der Waals surface area contributed by atoms with Crippen molar-refractivity contribution < 1.29 is 14.3 Å². The lowest BCUT2D eigenvalue weighted by molar-refractivity contribution is -0.141. The summed E-state index contributed by atoms with van der Waals surface area (Å²) < 4.78 is 6.27. The molecule has 0 unspecified atom stereocenters. The number of rotatable bonds is 2.